The zero-order valence-corrected chi connectivity index (χ0v) is 78.8. The summed E-state index contributed by atoms with van der Waals surface area (Å²) in [5.74, 6) is -36.2. The number of amides is 20. The van der Waals surface area contributed by atoms with Gasteiger partial charge in [-0.2, -0.15) is 0 Å². The molecule has 57 nitrogen and oxygen atoms in total. The van der Waals surface area contributed by atoms with Gasteiger partial charge in [-0.05, 0) is 105 Å². The summed E-state index contributed by atoms with van der Waals surface area (Å²) in [4.78, 5) is 338. The van der Waals surface area contributed by atoms with E-state index in [2.05, 4.69) is 63.8 Å². The van der Waals surface area contributed by atoms with Gasteiger partial charge < -0.3 is 170 Å². The smallest absolute Gasteiger partial charge is 0.326 e. The van der Waals surface area contributed by atoms with Gasteiger partial charge in [-0.1, -0.05) is 74.9 Å². The molecule has 19 unspecified atom stereocenters. The number of nitrogens with one attached hydrogen (secondary N) is 15. The Labute approximate surface area is 825 Å². The van der Waals surface area contributed by atoms with Crippen LogP contribution in [0.5, 0.6) is 11.5 Å². The summed E-state index contributed by atoms with van der Waals surface area (Å²) >= 11 is 0. The lowest BCUT2D eigenvalue weighted by atomic mass is 9.97. The van der Waals surface area contributed by atoms with Crippen molar-refractivity contribution >= 4 is 148 Å². The molecule has 145 heavy (non-hydrogen) atoms. The van der Waals surface area contributed by atoms with Crippen LogP contribution in [0, 0.1) is 5.92 Å². The van der Waals surface area contributed by atoms with Crippen molar-refractivity contribution in [2.45, 2.75) is 252 Å². The number of rotatable bonds is 65. The predicted octanol–water partition coefficient (Wildman–Crippen LogP) is -12.5. The predicted molar refractivity (Wildman–Crippen MR) is 495 cm³/mol. The molecule has 0 spiro atoms. The minimum Gasteiger partial charge on any atom is -0.508 e. The van der Waals surface area contributed by atoms with Crippen LogP contribution >= 0.6 is 0 Å². The number of nitrogens with two attached hydrogens (primary N) is 6. The van der Waals surface area contributed by atoms with Gasteiger partial charge >= 0.3 is 29.8 Å². The number of hydrogen-bond donors (Lipinski definition) is 31. The zero-order chi connectivity index (χ0) is 109. The molecule has 20 amide bonds. The van der Waals surface area contributed by atoms with E-state index >= 15 is 0 Å². The highest BCUT2D eigenvalue weighted by molar-refractivity contribution is 6.04. The van der Waals surface area contributed by atoms with Gasteiger partial charge in [0.05, 0.1) is 63.9 Å². The van der Waals surface area contributed by atoms with E-state index in [1.54, 1.807) is 13.0 Å². The van der Waals surface area contributed by atoms with Crippen molar-refractivity contribution in [2.24, 2.45) is 40.3 Å². The van der Waals surface area contributed by atoms with E-state index in [0.29, 0.717) is 5.56 Å². The number of aliphatic hydroxyl groups excluding tert-OH is 3. The van der Waals surface area contributed by atoms with Gasteiger partial charge in [0.2, 0.25) is 118 Å². The molecule has 1 heterocycles. The highest BCUT2D eigenvalue weighted by Gasteiger charge is 2.45. The first-order valence-corrected chi connectivity index (χ1v) is 45.2. The Hall–Kier alpha value is -16.2. The SMILES string of the molecule is CCC(C)C(NC(=O)C(N)CCC(=O)O)C(=O)NC(CC(=O)O)C(=O)N1CCCC1C(=O)NC(CO)C(=O)NC(CC(=O)O)C(=O)NC(CO)C(=O)NC(Cc1ccc(O)cc1)C(=O)NC(C(=O)NC(CC(N)=O)C(=O)NC(Cc1ccc(O)cc1)C(=O)NC(CC(N)=O)C(=O)NC(CCC(N)=O)C(=O)NC(CC(N)=O)C(=O)NC(Cc1ccccc1)C(=O)NC(CCCCN)C(=O)NC(CC(=O)O)C(=O)O)C(C)O. The van der Waals surface area contributed by atoms with Crippen LogP contribution in [0.4, 0.5) is 0 Å². The van der Waals surface area contributed by atoms with Crippen molar-refractivity contribution in [2.75, 3.05) is 26.3 Å². The van der Waals surface area contributed by atoms with E-state index in [1.807, 2.05) is 16.0 Å². The fourth-order valence-corrected chi connectivity index (χ4v) is 14.3. The molecule has 1 aliphatic rings. The van der Waals surface area contributed by atoms with Gasteiger partial charge in [-0.3, -0.25) is 115 Å². The number of aliphatic carboxylic acids is 5. The molecular formula is C88H124N22O35. The standard InChI is InChI=1S/C88H124N22O35/c1-4-40(2)70(108-72(128)47(90)23-26-66(120)121)85(141)104-57(36-68(124)125)87(143)110-28-10-14-61(110)84(140)107-60(39-112)83(139)102-56(35-67(122)123)80(136)106-59(38-111)82(138)99-52(31-44-17-21-46(115)22-18-44)81(137)109-71(41(3)113)86(142)103-55(34-65(94)119)79(135)98-51(30-43-15-19-45(114)20-16-43)76(132)101-53(32-63(92)117)77(133)96-49(24-25-62(91)116)74(130)100-54(33-64(93)118)78(134)97-50(29-42-11-6-5-7-12-42)75(131)95-48(13-8-9-27-89)73(129)105-58(88(144)145)37-69(126)127/h5-7,11-12,15-22,40-41,47-61,70-71,111-115H,4,8-10,13-14,23-39,89-90H2,1-3H3,(H2,91,116)(H2,92,117)(H2,93,118)(H2,94,119)(H,95,131)(H,96,133)(H,97,134)(H,98,135)(H,99,138)(H,100,130)(H,101,132)(H,102,139)(H,103,142)(H,104,141)(H,105,129)(H,106,136)(H,107,140)(H,108,128)(H,109,137)(H,120,121)(H,122,123)(H,124,125)(H,126,127)(H,144,145). The number of nitrogens with zero attached hydrogens (tertiary/aromatic N) is 1. The number of hydrogen-bond acceptors (Lipinski definition) is 32. The quantitative estimate of drug-likeness (QED) is 0.0233. The maximum atomic E-state index is 14.8. The number of phenolic OH excluding ortho intramolecular Hbond substituents is 2. The molecule has 0 aromatic heterocycles. The Kier molecular flexibility index (Phi) is 50.3. The van der Waals surface area contributed by atoms with Crippen LogP contribution in [-0.4, -0.2) is 339 Å². The van der Waals surface area contributed by atoms with Crippen LogP contribution in [0.3, 0.4) is 0 Å². The van der Waals surface area contributed by atoms with Gasteiger partial charge in [-0.15, -0.1) is 0 Å². The monoisotopic (exact) mass is 2050 g/mol. The van der Waals surface area contributed by atoms with Gasteiger partial charge in [0.15, 0.2) is 0 Å². The second kappa shape index (κ2) is 60.2. The van der Waals surface area contributed by atoms with Gasteiger partial charge in [0.1, 0.15) is 108 Å². The normalized spacial score (nSPS) is 15.8. The molecule has 0 saturated carbocycles. The zero-order valence-electron chi connectivity index (χ0n) is 78.8. The van der Waals surface area contributed by atoms with Crippen LogP contribution in [0.25, 0.3) is 0 Å². The van der Waals surface area contributed by atoms with Crippen molar-refractivity contribution < 1.29 is 171 Å². The number of carbonyl (C=O) groups is 25. The second-order valence-electron chi connectivity index (χ2n) is 33.9. The summed E-state index contributed by atoms with van der Waals surface area (Å²) in [7, 11) is 0. The molecule has 0 aliphatic carbocycles. The minimum absolute atomic E-state index is 0.0409. The highest BCUT2D eigenvalue weighted by atomic mass is 16.4. The topological polar surface area (TPSA) is 969 Å². The van der Waals surface area contributed by atoms with Crippen LogP contribution < -0.4 is 114 Å². The molecular weight excluding hydrogens is 1930 g/mol. The summed E-state index contributed by atoms with van der Waals surface area (Å²) in [6, 6.07) is -16.5. The van der Waals surface area contributed by atoms with Crippen molar-refractivity contribution in [1.29, 1.82) is 0 Å². The molecule has 4 rings (SSSR count). The van der Waals surface area contributed by atoms with Crippen molar-refractivity contribution in [3.05, 3.63) is 95.6 Å². The number of benzene rings is 3. The Morgan fingerprint density at radius 2 is 0.697 bits per heavy atom. The van der Waals surface area contributed by atoms with Crippen LogP contribution in [0.1, 0.15) is 140 Å². The number of carbonyl (C=O) groups excluding carboxylic acids is 20. The number of carboxylic acids is 5. The number of aliphatic hydroxyl groups is 3. The van der Waals surface area contributed by atoms with E-state index in [4.69, 9.17) is 39.5 Å². The largest absolute Gasteiger partial charge is 0.508 e. The molecule has 19 atom stereocenters. The first-order valence-electron chi connectivity index (χ1n) is 45.2. The first kappa shape index (κ1) is 121. The number of aromatic hydroxyl groups is 2. The van der Waals surface area contributed by atoms with Crippen LogP contribution in [0.15, 0.2) is 78.9 Å². The summed E-state index contributed by atoms with van der Waals surface area (Å²) in [5.41, 5.74) is 34.1. The van der Waals surface area contributed by atoms with E-state index in [-0.39, 0.29) is 80.7 Å². The van der Waals surface area contributed by atoms with E-state index in [9.17, 15) is 166 Å². The molecule has 1 fully saturated rings. The minimum atomic E-state index is -2.29. The van der Waals surface area contributed by atoms with Crippen LogP contribution in [-0.2, 0) is 139 Å². The summed E-state index contributed by atoms with van der Waals surface area (Å²) < 4.78 is 0. The molecule has 3 aromatic rings. The van der Waals surface area contributed by atoms with Gasteiger partial charge in [-0.25, -0.2) is 4.79 Å². The number of unbranched alkanes of at least 4 members (excludes halogenated alkanes) is 1. The van der Waals surface area contributed by atoms with Crippen molar-refractivity contribution in [3.63, 3.8) is 0 Å². The number of phenols is 2. The maximum absolute atomic E-state index is 14.8. The molecule has 0 bridgehead atoms. The van der Waals surface area contributed by atoms with E-state index in [1.165, 1.54) is 55.5 Å². The molecule has 57 heteroatoms. The van der Waals surface area contributed by atoms with E-state index < -0.39 is 353 Å². The molecule has 796 valence electrons. The summed E-state index contributed by atoms with van der Waals surface area (Å²) in [6.07, 6.45) is -13.0. The average Bonchev–Trinajstić information content (AvgIpc) is 1.71. The molecule has 1 aliphatic heterocycles. The highest BCUT2D eigenvalue weighted by Crippen LogP contribution is 2.23. The molecule has 3 aromatic carbocycles. The summed E-state index contributed by atoms with van der Waals surface area (Å²) in [6.45, 7) is 1.12. The Bertz CT molecular complexity index is 5130. The molecule has 1 saturated heterocycles. The Morgan fingerprint density at radius 3 is 1.10 bits per heavy atom. The van der Waals surface area contributed by atoms with E-state index in [0.717, 1.165) is 36.1 Å². The maximum Gasteiger partial charge on any atom is 0.326 e. The third kappa shape index (κ3) is 42.3. The third-order valence-corrected chi connectivity index (χ3v) is 22.3. The average molecular weight is 2050 g/mol. The lowest BCUT2D eigenvalue weighted by Gasteiger charge is -2.31. The molecule has 37 N–H and O–H groups in total. The fourth-order valence-electron chi connectivity index (χ4n) is 14.3. The number of likely N-dealkylation sites (tertiary alicyclic amines) is 1. The Morgan fingerprint density at radius 1 is 0.359 bits per heavy atom. The van der Waals surface area contributed by atoms with Crippen molar-refractivity contribution in [1.82, 2.24) is 84.7 Å². The number of carboxylic acid groups (broad SMARTS) is 5. The lowest BCUT2D eigenvalue weighted by molar-refractivity contribution is -0.147. The number of primary amides is 4. The van der Waals surface area contributed by atoms with Crippen LogP contribution in [0.2, 0.25) is 0 Å². The van der Waals surface area contributed by atoms with Crippen molar-refractivity contribution in [3.8, 4) is 11.5 Å². The Balaban J connectivity index is 1.63. The lowest BCUT2D eigenvalue weighted by Crippen LogP contribution is -2.63. The fraction of sp³-hybridized carbons (Fsp3) is 0.511. The first-order chi connectivity index (χ1) is 68.2. The third-order valence-electron chi connectivity index (χ3n) is 22.3. The van der Waals surface area contributed by atoms with Gasteiger partial charge in [0.25, 0.3) is 0 Å². The van der Waals surface area contributed by atoms with Gasteiger partial charge in [0, 0.05) is 38.6 Å². The second-order valence-corrected chi connectivity index (χ2v) is 33.9. The summed E-state index contributed by atoms with van der Waals surface area (Å²) in [5, 5.41) is 133. The molecule has 0 radical (unpaired) electrons.